The fourth-order valence-corrected chi connectivity index (χ4v) is 3.51. The lowest BCUT2D eigenvalue weighted by Gasteiger charge is -2.28. The number of nitrogens with two attached hydrogens (primary N) is 1. The highest BCUT2D eigenvalue weighted by molar-refractivity contribution is 5.92. The summed E-state index contributed by atoms with van der Waals surface area (Å²) in [5, 5.41) is 5.87. The molecular weight excluding hydrogens is 354 g/mol. The molecular formula is C22H27N3O3. The first-order chi connectivity index (χ1) is 13.6. The molecule has 6 heteroatoms. The number of carbonyl (C=O) groups excluding carboxylic acids is 2. The van der Waals surface area contributed by atoms with Crippen LogP contribution in [0.25, 0.3) is 0 Å². The molecule has 0 saturated heterocycles. The van der Waals surface area contributed by atoms with Crippen molar-refractivity contribution in [2.45, 2.75) is 44.9 Å². The quantitative estimate of drug-likeness (QED) is 0.713. The van der Waals surface area contributed by atoms with Crippen molar-refractivity contribution in [2.75, 3.05) is 5.32 Å². The molecule has 6 nitrogen and oxygen atoms in total. The van der Waals surface area contributed by atoms with Gasteiger partial charge in [0.15, 0.2) is 0 Å². The first kappa shape index (κ1) is 19.9. The molecule has 28 heavy (non-hydrogen) atoms. The third kappa shape index (κ3) is 5.82. The largest absolute Gasteiger partial charge is 0.445 e. The van der Waals surface area contributed by atoms with E-state index in [1.807, 2.05) is 54.6 Å². The summed E-state index contributed by atoms with van der Waals surface area (Å²) in [5.41, 5.74) is 8.33. The first-order valence-corrected chi connectivity index (χ1v) is 9.71. The Hall–Kier alpha value is -2.86. The smallest absolute Gasteiger partial charge is 0.407 e. The molecule has 2 aromatic rings. The van der Waals surface area contributed by atoms with Crippen LogP contribution in [0.1, 0.15) is 36.8 Å². The summed E-state index contributed by atoms with van der Waals surface area (Å²) >= 11 is 0. The number of ether oxygens (including phenoxy) is 1. The molecule has 1 saturated carbocycles. The van der Waals surface area contributed by atoms with Crippen LogP contribution in [0.3, 0.4) is 0 Å². The van der Waals surface area contributed by atoms with Gasteiger partial charge >= 0.3 is 6.09 Å². The third-order valence-corrected chi connectivity index (χ3v) is 5.01. The fourth-order valence-electron chi connectivity index (χ4n) is 3.51. The Bertz CT molecular complexity index is 795. The van der Waals surface area contributed by atoms with E-state index in [0.29, 0.717) is 13.0 Å². The van der Waals surface area contributed by atoms with Crippen LogP contribution in [-0.4, -0.2) is 18.0 Å². The van der Waals surface area contributed by atoms with Gasteiger partial charge in [-0.15, -0.1) is 0 Å². The zero-order valence-electron chi connectivity index (χ0n) is 15.9. The van der Waals surface area contributed by atoms with Crippen LogP contribution < -0.4 is 16.4 Å². The fraction of sp³-hybridized carbons (Fsp3) is 0.364. The second kappa shape index (κ2) is 9.90. The molecule has 4 N–H and O–H groups in total. The van der Waals surface area contributed by atoms with Gasteiger partial charge < -0.3 is 21.1 Å². The number of rotatable bonds is 6. The van der Waals surface area contributed by atoms with Crippen molar-refractivity contribution < 1.29 is 14.3 Å². The molecule has 0 radical (unpaired) electrons. The average molecular weight is 381 g/mol. The highest BCUT2D eigenvalue weighted by atomic mass is 16.5. The first-order valence-electron chi connectivity index (χ1n) is 9.71. The van der Waals surface area contributed by atoms with Crippen molar-refractivity contribution in [1.29, 1.82) is 0 Å². The molecule has 0 spiro atoms. The van der Waals surface area contributed by atoms with E-state index in [-0.39, 0.29) is 24.5 Å². The van der Waals surface area contributed by atoms with Crippen molar-refractivity contribution in [3.8, 4) is 0 Å². The standard InChI is InChI=1S/C22H27N3O3/c23-14-17-8-4-10-19(12-17)24-21(26)18-9-5-11-20(13-18)25-22(27)28-15-16-6-2-1-3-7-16/h1-4,6-8,10,12,18,20H,5,9,11,13-15,23H2,(H,24,26)(H,25,27)/t18-,20-/m1/s1. The van der Waals surface area contributed by atoms with Crippen LogP contribution in [-0.2, 0) is 22.7 Å². The molecule has 0 unspecified atom stereocenters. The van der Waals surface area contributed by atoms with Crippen LogP contribution in [0.15, 0.2) is 54.6 Å². The van der Waals surface area contributed by atoms with Crippen molar-refractivity contribution in [3.05, 3.63) is 65.7 Å². The Morgan fingerprint density at radius 2 is 1.82 bits per heavy atom. The van der Waals surface area contributed by atoms with Crippen molar-refractivity contribution >= 4 is 17.7 Å². The minimum Gasteiger partial charge on any atom is -0.445 e. The van der Waals surface area contributed by atoms with Crippen LogP contribution in [0.2, 0.25) is 0 Å². The molecule has 1 aliphatic rings. The van der Waals surface area contributed by atoms with Gasteiger partial charge in [-0.2, -0.15) is 0 Å². The second-order valence-electron chi connectivity index (χ2n) is 7.16. The number of anilines is 1. The van der Waals surface area contributed by atoms with Gasteiger partial charge in [0.1, 0.15) is 6.61 Å². The minimum atomic E-state index is -0.439. The maximum Gasteiger partial charge on any atom is 0.407 e. The maximum absolute atomic E-state index is 12.6. The molecule has 0 aromatic heterocycles. The van der Waals surface area contributed by atoms with E-state index in [9.17, 15) is 9.59 Å². The number of hydrogen-bond donors (Lipinski definition) is 3. The summed E-state index contributed by atoms with van der Waals surface area (Å²) in [4.78, 5) is 24.7. The zero-order chi connectivity index (χ0) is 19.8. The molecule has 0 bridgehead atoms. The predicted octanol–water partition coefficient (Wildman–Crippen LogP) is 3.57. The number of alkyl carbamates (subject to hydrolysis) is 1. The molecule has 0 heterocycles. The predicted molar refractivity (Wildman–Crippen MR) is 108 cm³/mol. The SMILES string of the molecule is NCc1cccc(NC(=O)[C@@H]2CCC[C@@H](NC(=O)OCc3ccccc3)C2)c1. The molecule has 1 fully saturated rings. The average Bonchev–Trinajstić information content (AvgIpc) is 2.73. The van der Waals surface area contributed by atoms with E-state index in [0.717, 1.165) is 36.1 Å². The van der Waals surface area contributed by atoms with Gasteiger partial charge in [-0.3, -0.25) is 4.79 Å². The molecule has 2 aromatic carbocycles. The number of carbonyl (C=O) groups is 2. The summed E-state index contributed by atoms with van der Waals surface area (Å²) in [5.74, 6) is -0.145. The van der Waals surface area contributed by atoms with E-state index in [4.69, 9.17) is 10.5 Å². The summed E-state index contributed by atoms with van der Waals surface area (Å²) in [6, 6.07) is 17.1. The van der Waals surface area contributed by atoms with Crippen molar-refractivity contribution in [3.63, 3.8) is 0 Å². The summed E-state index contributed by atoms with van der Waals surface area (Å²) < 4.78 is 5.29. The molecule has 3 rings (SSSR count). The maximum atomic E-state index is 12.6. The molecule has 2 atom stereocenters. The third-order valence-electron chi connectivity index (χ3n) is 5.01. The molecule has 0 aliphatic heterocycles. The lowest BCUT2D eigenvalue weighted by atomic mass is 9.85. The van der Waals surface area contributed by atoms with E-state index >= 15 is 0 Å². The Balaban J connectivity index is 1.47. The van der Waals surface area contributed by atoms with Gasteiger partial charge in [-0.05, 0) is 42.5 Å². The number of amides is 2. The van der Waals surface area contributed by atoms with E-state index in [2.05, 4.69) is 10.6 Å². The zero-order valence-corrected chi connectivity index (χ0v) is 15.9. The Morgan fingerprint density at radius 1 is 1.04 bits per heavy atom. The van der Waals surface area contributed by atoms with Crippen LogP contribution in [0.5, 0.6) is 0 Å². The highest BCUT2D eigenvalue weighted by Crippen LogP contribution is 2.26. The Kier molecular flexibility index (Phi) is 7.03. The molecule has 2 amide bonds. The highest BCUT2D eigenvalue weighted by Gasteiger charge is 2.28. The lowest BCUT2D eigenvalue weighted by molar-refractivity contribution is -0.121. The van der Waals surface area contributed by atoms with Crippen molar-refractivity contribution in [1.82, 2.24) is 5.32 Å². The number of nitrogens with one attached hydrogen (secondary N) is 2. The normalized spacial score (nSPS) is 18.9. The summed E-state index contributed by atoms with van der Waals surface area (Å²) in [6.07, 6.45) is 2.74. The van der Waals surface area contributed by atoms with E-state index in [1.54, 1.807) is 0 Å². The Morgan fingerprint density at radius 3 is 2.61 bits per heavy atom. The second-order valence-corrected chi connectivity index (χ2v) is 7.16. The lowest BCUT2D eigenvalue weighted by Crippen LogP contribution is -2.41. The summed E-state index contributed by atoms with van der Waals surface area (Å²) in [6.45, 7) is 0.672. The van der Waals surface area contributed by atoms with E-state index < -0.39 is 6.09 Å². The van der Waals surface area contributed by atoms with Crippen molar-refractivity contribution in [2.24, 2.45) is 11.7 Å². The van der Waals surface area contributed by atoms with E-state index in [1.165, 1.54) is 0 Å². The van der Waals surface area contributed by atoms with Crippen LogP contribution >= 0.6 is 0 Å². The Labute approximate surface area is 165 Å². The van der Waals surface area contributed by atoms with Gasteiger partial charge in [-0.25, -0.2) is 4.79 Å². The topological polar surface area (TPSA) is 93.5 Å². The molecule has 1 aliphatic carbocycles. The molecule has 148 valence electrons. The van der Waals surface area contributed by atoms with Crippen LogP contribution in [0.4, 0.5) is 10.5 Å². The van der Waals surface area contributed by atoms with Gasteiger partial charge in [0.2, 0.25) is 5.91 Å². The number of hydrogen-bond acceptors (Lipinski definition) is 4. The summed E-state index contributed by atoms with van der Waals surface area (Å²) in [7, 11) is 0. The van der Waals surface area contributed by atoms with Crippen LogP contribution in [0, 0.1) is 5.92 Å². The van der Waals surface area contributed by atoms with Gasteiger partial charge in [0, 0.05) is 24.2 Å². The van der Waals surface area contributed by atoms with Gasteiger partial charge in [0.05, 0.1) is 0 Å². The minimum absolute atomic E-state index is 0.0154. The van der Waals surface area contributed by atoms with Gasteiger partial charge in [0.25, 0.3) is 0 Å². The number of benzene rings is 2. The van der Waals surface area contributed by atoms with Gasteiger partial charge in [-0.1, -0.05) is 48.9 Å². The monoisotopic (exact) mass is 381 g/mol.